The van der Waals surface area contributed by atoms with Crippen LogP contribution in [0.4, 0.5) is 14.5 Å². The molecule has 28 heavy (non-hydrogen) atoms. The number of aliphatic hydroxyl groups is 1. The molecule has 0 aliphatic rings. The molecule has 0 aliphatic heterocycles. The molecule has 8 heteroatoms. The molecule has 5 nitrogen and oxygen atoms in total. The summed E-state index contributed by atoms with van der Waals surface area (Å²) in [7, 11) is 0. The average Bonchev–Trinajstić information content (AvgIpc) is 3.17. The molecule has 3 N–H and O–H groups in total. The monoisotopic (exact) mass is 402 g/mol. The summed E-state index contributed by atoms with van der Waals surface area (Å²) >= 11 is 1.30. The number of anilines is 1. The van der Waals surface area contributed by atoms with Crippen LogP contribution in [0.5, 0.6) is 0 Å². The minimum Gasteiger partial charge on any atom is -0.383 e. The van der Waals surface area contributed by atoms with E-state index in [1.165, 1.54) is 11.3 Å². The largest absolute Gasteiger partial charge is 0.383 e. The highest BCUT2D eigenvalue weighted by Crippen LogP contribution is 2.28. The van der Waals surface area contributed by atoms with Crippen molar-refractivity contribution in [2.45, 2.75) is 12.6 Å². The van der Waals surface area contributed by atoms with E-state index in [4.69, 9.17) is 0 Å². The lowest BCUT2D eigenvalue weighted by molar-refractivity contribution is -0.136. The van der Waals surface area contributed by atoms with Crippen LogP contribution in [0.1, 0.15) is 21.4 Å². The maximum absolute atomic E-state index is 13.5. The molecule has 0 saturated carbocycles. The van der Waals surface area contributed by atoms with Crippen LogP contribution in [0.15, 0.2) is 60.7 Å². The summed E-state index contributed by atoms with van der Waals surface area (Å²) in [6, 6.07) is 15.2. The molecule has 1 unspecified atom stereocenters. The number of rotatable bonds is 5. The Bertz CT molecular complexity index is 992. The van der Waals surface area contributed by atoms with E-state index in [9.17, 15) is 23.5 Å². The van der Waals surface area contributed by atoms with Gasteiger partial charge in [-0.25, -0.2) is 8.78 Å². The van der Waals surface area contributed by atoms with E-state index < -0.39 is 29.6 Å². The average molecular weight is 402 g/mol. The summed E-state index contributed by atoms with van der Waals surface area (Å²) < 4.78 is 26.4. The van der Waals surface area contributed by atoms with Crippen molar-refractivity contribution < 1.29 is 23.5 Å². The third kappa shape index (κ3) is 4.79. The Kier molecular flexibility index (Phi) is 6.13. The maximum Gasteiger partial charge on any atom is 0.313 e. The second kappa shape index (κ2) is 8.73. The Morgan fingerprint density at radius 3 is 2.46 bits per heavy atom. The Labute approximate surface area is 163 Å². The highest BCUT2D eigenvalue weighted by molar-refractivity contribution is 7.12. The predicted octanol–water partition coefficient (Wildman–Crippen LogP) is 3.36. The van der Waals surface area contributed by atoms with E-state index in [0.717, 1.165) is 22.6 Å². The fourth-order valence-corrected chi connectivity index (χ4v) is 3.42. The second-order valence-corrected chi connectivity index (χ2v) is 7.08. The number of carbonyl (C=O) groups is 2. The zero-order valence-corrected chi connectivity index (χ0v) is 15.3. The summed E-state index contributed by atoms with van der Waals surface area (Å²) in [5.41, 5.74) is 0.464. The van der Waals surface area contributed by atoms with Gasteiger partial charge < -0.3 is 15.7 Å². The SMILES string of the molecule is O=C(NCc1ccc(C(O)c2ccccc2)s1)C(=O)Nc1ccc(F)cc1F. The van der Waals surface area contributed by atoms with Crippen LogP contribution in [0.3, 0.4) is 0 Å². The molecule has 3 rings (SSSR count). The number of aliphatic hydroxyl groups excluding tert-OH is 1. The van der Waals surface area contributed by atoms with Gasteiger partial charge in [0.2, 0.25) is 0 Å². The number of hydrogen-bond acceptors (Lipinski definition) is 4. The Hall–Kier alpha value is -3.10. The lowest BCUT2D eigenvalue weighted by atomic mass is 10.1. The summed E-state index contributed by atoms with van der Waals surface area (Å²) in [5.74, 6) is -3.78. The quantitative estimate of drug-likeness (QED) is 0.573. The molecule has 2 aromatic carbocycles. The number of carbonyl (C=O) groups excluding carboxylic acids is 2. The van der Waals surface area contributed by atoms with Gasteiger partial charge in [0.25, 0.3) is 0 Å². The Balaban J connectivity index is 1.56. The molecule has 0 radical (unpaired) electrons. The van der Waals surface area contributed by atoms with Crippen LogP contribution in [0, 0.1) is 11.6 Å². The van der Waals surface area contributed by atoms with E-state index in [2.05, 4.69) is 10.6 Å². The van der Waals surface area contributed by atoms with Gasteiger partial charge in [-0.2, -0.15) is 0 Å². The first-order valence-electron chi connectivity index (χ1n) is 8.30. The van der Waals surface area contributed by atoms with Gasteiger partial charge in [0, 0.05) is 15.8 Å². The van der Waals surface area contributed by atoms with Crippen molar-refractivity contribution in [3.63, 3.8) is 0 Å². The molecule has 3 aromatic rings. The predicted molar refractivity (Wildman–Crippen MR) is 102 cm³/mol. The van der Waals surface area contributed by atoms with Gasteiger partial charge in [-0.05, 0) is 29.8 Å². The summed E-state index contributed by atoms with van der Waals surface area (Å²) in [6.45, 7) is 0.0737. The van der Waals surface area contributed by atoms with Crippen LogP contribution in [0.2, 0.25) is 0 Å². The molecule has 1 heterocycles. The number of thiophene rings is 1. The lowest BCUT2D eigenvalue weighted by Crippen LogP contribution is -2.35. The van der Waals surface area contributed by atoms with Crippen LogP contribution in [0.25, 0.3) is 0 Å². The van der Waals surface area contributed by atoms with Gasteiger partial charge in [0.15, 0.2) is 0 Å². The topological polar surface area (TPSA) is 78.4 Å². The molecule has 0 aliphatic carbocycles. The van der Waals surface area contributed by atoms with Crippen molar-refractivity contribution >= 4 is 28.8 Å². The smallest absolute Gasteiger partial charge is 0.313 e. The van der Waals surface area contributed by atoms with Crippen molar-refractivity contribution in [2.75, 3.05) is 5.32 Å². The fourth-order valence-electron chi connectivity index (χ4n) is 2.45. The van der Waals surface area contributed by atoms with Gasteiger partial charge in [-0.1, -0.05) is 30.3 Å². The zero-order valence-electron chi connectivity index (χ0n) is 14.5. The van der Waals surface area contributed by atoms with Crippen molar-refractivity contribution in [1.82, 2.24) is 5.32 Å². The Morgan fingerprint density at radius 1 is 1.00 bits per heavy atom. The van der Waals surface area contributed by atoms with Crippen molar-refractivity contribution in [3.8, 4) is 0 Å². The molecule has 144 valence electrons. The van der Waals surface area contributed by atoms with Gasteiger partial charge in [0.1, 0.15) is 17.7 Å². The van der Waals surface area contributed by atoms with E-state index in [-0.39, 0.29) is 12.2 Å². The van der Waals surface area contributed by atoms with Crippen LogP contribution >= 0.6 is 11.3 Å². The second-order valence-electron chi connectivity index (χ2n) is 5.88. The van der Waals surface area contributed by atoms with Crippen molar-refractivity contribution in [1.29, 1.82) is 0 Å². The lowest BCUT2D eigenvalue weighted by Gasteiger charge is -2.08. The third-order valence-electron chi connectivity index (χ3n) is 3.88. The first-order valence-corrected chi connectivity index (χ1v) is 9.11. The molecular formula is C20H16F2N2O3S. The van der Waals surface area contributed by atoms with Gasteiger partial charge in [-0.3, -0.25) is 9.59 Å². The van der Waals surface area contributed by atoms with E-state index in [0.29, 0.717) is 10.9 Å². The molecule has 1 atom stereocenters. The maximum atomic E-state index is 13.5. The zero-order chi connectivity index (χ0) is 20.1. The standard InChI is InChI=1S/C20H16F2N2O3S/c21-13-6-8-16(15(22)10-13)24-20(27)19(26)23-11-14-7-9-17(28-14)18(25)12-4-2-1-3-5-12/h1-10,18,25H,11H2,(H,23,26)(H,24,27). The fraction of sp³-hybridized carbons (Fsp3) is 0.100. The molecule has 0 bridgehead atoms. The van der Waals surface area contributed by atoms with Crippen LogP contribution < -0.4 is 10.6 Å². The molecule has 0 spiro atoms. The first kappa shape index (κ1) is 19.7. The van der Waals surface area contributed by atoms with Crippen LogP contribution in [-0.2, 0) is 16.1 Å². The highest BCUT2D eigenvalue weighted by atomic mass is 32.1. The number of halogens is 2. The normalized spacial score (nSPS) is 11.7. The molecule has 1 aromatic heterocycles. The number of hydrogen-bond donors (Lipinski definition) is 3. The molecule has 0 saturated heterocycles. The molecule has 0 fully saturated rings. The van der Waals surface area contributed by atoms with E-state index >= 15 is 0 Å². The highest BCUT2D eigenvalue weighted by Gasteiger charge is 2.17. The van der Waals surface area contributed by atoms with Crippen molar-refractivity contribution in [2.24, 2.45) is 0 Å². The summed E-state index contributed by atoms with van der Waals surface area (Å²) in [4.78, 5) is 25.2. The minimum atomic E-state index is -1.06. The Morgan fingerprint density at radius 2 is 1.75 bits per heavy atom. The molecule has 2 amide bonds. The van der Waals surface area contributed by atoms with E-state index in [1.807, 2.05) is 30.3 Å². The summed E-state index contributed by atoms with van der Waals surface area (Å²) in [6.07, 6.45) is -0.777. The van der Waals surface area contributed by atoms with Crippen molar-refractivity contribution in [3.05, 3.63) is 87.6 Å². The van der Waals surface area contributed by atoms with Gasteiger partial charge in [0.05, 0.1) is 12.2 Å². The number of nitrogens with one attached hydrogen (secondary N) is 2. The first-order chi connectivity index (χ1) is 13.4. The third-order valence-corrected chi connectivity index (χ3v) is 5.01. The number of benzene rings is 2. The summed E-state index contributed by atoms with van der Waals surface area (Å²) in [5, 5.41) is 14.9. The minimum absolute atomic E-state index is 0.0737. The van der Waals surface area contributed by atoms with E-state index in [1.54, 1.807) is 12.1 Å². The van der Waals surface area contributed by atoms with Gasteiger partial charge >= 0.3 is 11.8 Å². The molecular weight excluding hydrogens is 386 g/mol. The van der Waals surface area contributed by atoms with Gasteiger partial charge in [-0.15, -0.1) is 11.3 Å². The van der Waals surface area contributed by atoms with Crippen LogP contribution in [-0.4, -0.2) is 16.9 Å². The number of amides is 2.